The number of nitrogens with two attached hydrogens (primary N) is 1. The number of anilines is 2. The minimum atomic E-state index is -0.0582. The Bertz CT molecular complexity index is 696. The van der Waals surface area contributed by atoms with Crippen molar-refractivity contribution in [1.29, 1.82) is 0 Å². The molecule has 0 bridgehead atoms. The number of fused-ring (bicyclic) bond motifs is 1. The predicted molar refractivity (Wildman–Crippen MR) is 77.7 cm³/mol. The van der Waals surface area contributed by atoms with Crippen molar-refractivity contribution in [1.82, 2.24) is 10.2 Å². The Morgan fingerprint density at radius 3 is 2.90 bits per heavy atom. The molecule has 0 radical (unpaired) electrons. The molecule has 20 heavy (non-hydrogen) atoms. The van der Waals surface area contributed by atoms with Gasteiger partial charge in [0, 0.05) is 6.54 Å². The molecule has 1 amide bonds. The van der Waals surface area contributed by atoms with Crippen LogP contribution in [-0.2, 0) is 6.42 Å². The number of benzene rings is 1. The normalized spacial score (nSPS) is 13.4. The minimum absolute atomic E-state index is 0.0582. The summed E-state index contributed by atoms with van der Waals surface area (Å²) in [6.07, 6.45) is 0.836. The summed E-state index contributed by atoms with van der Waals surface area (Å²) in [5, 5.41) is 7.99. The van der Waals surface area contributed by atoms with Gasteiger partial charge in [-0.2, -0.15) is 10.2 Å². The summed E-state index contributed by atoms with van der Waals surface area (Å²) in [6, 6.07) is 7.54. The molecule has 3 rings (SSSR count). The van der Waals surface area contributed by atoms with Crippen LogP contribution in [0.1, 0.15) is 27.3 Å². The molecule has 2 aromatic rings. The van der Waals surface area contributed by atoms with Crippen molar-refractivity contribution in [2.45, 2.75) is 20.3 Å². The summed E-state index contributed by atoms with van der Waals surface area (Å²) in [6.45, 7) is 4.28. The predicted octanol–water partition coefficient (Wildman–Crippen LogP) is 1.88. The topological polar surface area (TPSA) is 72.1 Å². The number of carbonyl (C=O) groups excluding carboxylic acids is 1. The Balaban J connectivity index is 2.04. The fourth-order valence-electron chi connectivity index (χ4n) is 2.60. The summed E-state index contributed by atoms with van der Waals surface area (Å²) < 4.78 is 0. The lowest BCUT2D eigenvalue weighted by Crippen LogP contribution is -2.30. The summed E-state index contributed by atoms with van der Waals surface area (Å²) in [5.41, 5.74) is 10.6. The van der Waals surface area contributed by atoms with E-state index in [0.29, 0.717) is 23.5 Å². The molecule has 1 aromatic heterocycles. The zero-order valence-electron chi connectivity index (χ0n) is 11.6. The molecule has 2 N–H and O–H groups in total. The van der Waals surface area contributed by atoms with Crippen LogP contribution in [0.2, 0.25) is 0 Å². The molecular weight excluding hydrogens is 252 g/mol. The van der Waals surface area contributed by atoms with Gasteiger partial charge in [0.25, 0.3) is 5.91 Å². The van der Waals surface area contributed by atoms with Crippen LogP contribution >= 0.6 is 0 Å². The summed E-state index contributed by atoms with van der Waals surface area (Å²) in [4.78, 5) is 14.5. The van der Waals surface area contributed by atoms with Gasteiger partial charge in [0.1, 0.15) is 0 Å². The molecule has 0 aliphatic carbocycles. The first-order valence-corrected chi connectivity index (χ1v) is 6.58. The Kier molecular flexibility index (Phi) is 2.89. The van der Waals surface area contributed by atoms with Gasteiger partial charge in [-0.05, 0) is 38.0 Å². The number of amides is 1. The second-order valence-electron chi connectivity index (χ2n) is 5.05. The van der Waals surface area contributed by atoms with Gasteiger partial charge in [0.05, 0.1) is 28.3 Å². The number of hydrogen-bond donors (Lipinski definition) is 1. The number of aryl methyl sites for hydroxylation is 2. The molecule has 0 saturated heterocycles. The van der Waals surface area contributed by atoms with Gasteiger partial charge < -0.3 is 10.6 Å². The first-order valence-electron chi connectivity index (χ1n) is 6.58. The van der Waals surface area contributed by atoms with Gasteiger partial charge >= 0.3 is 0 Å². The fraction of sp³-hybridized carbons (Fsp3) is 0.267. The number of rotatable bonds is 1. The minimum Gasteiger partial charge on any atom is -0.397 e. The fourth-order valence-corrected chi connectivity index (χ4v) is 2.60. The first kappa shape index (κ1) is 12.6. The van der Waals surface area contributed by atoms with Crippen molar-refractivity contribution in [2.75, 3.05) is 17.2 Å². The molecule has 1 aliphatic heterocycles. The Labute approximate surface area is 117 Å². The summed E-state index contributed by atoms with van der Waals surface area (Å²) >= 11 is 0. The van der Waals surface area contributed by atoms with Crippen LogP contribution in [0.15, 0.2) is 24.3 Å². The zero-order chi connectivity index (χ0) is 14.3. The van der Waals surface area contributed by atoms with Gasteiger partial charge in [-0.25, -0.2) is 0 Å². The van der Waals surface area contributed by atoms with Crippen molar-refractivity contribution >= 4 is 17.3 Å². The number of hydrogen-bond acceptors (Lipinski definition) is 4. The van der Waals surface area contributed by atoms with Crippen molar-refractivity contribution in [3.63, 3.8) is 0 Å². The molecule has 0 unspecified atom stereocenters. The van der Waals surface area contributed by atoms with Crippen LogP contribution in [0, 0.1) is 13.8 Å². The SMILES string of the molecule is Cc1cc(C(=O)N2CCc3cccc(N)c32)c(C)nn1. The molecule has 2 heterocycles. The molecule has 5 nitrogen and oxygen atoms in total. The average molecular weight is 268 g/mol. The lowest BCUT2D eigenvalue weighted by molar-refractivity contribution is 0.0988. The number of carbonyl (C=O) groups is 1. The third kappa shape index (κ3) is 1.91. The van der Waals surface area contributed by atoms with E-state index in [1.54, 1.807) is 17.9 Å². The highest BCUT2D eigenvalue weighted by Crippen LogP contribution is 2.34. The van der Waals surface area contributed by atoms with Crippen LogP contribution in [-0.4, -0.2) is 22.6 Å². The van der Waals surface area contributed by atoms with E-state index < -0.39 is 0 Å². The molecule has 0 saturated carbocycles. The van der Waals surface area contributed by atoms with Gasteiger partial charge in [-0.1, -0.05) is 12.1 Å². The van der Waals surface area contributed by atoms with E-state index in [9.17, 15) is 4.79 Å². The Morgan fingerprint density at radius 2 is 2.10 bits per heavy atom. The molecule has 5 heteroatoms. The van der Waals surface area contributed by atoms with E-state index in [1.807, 2.05) is 25.1 Å². The van der Waals surface area contributed by atoms with Crippen LogP contribution < -0.4 is 10.6 Å². The molecule has 1 aliphatic rings. The van der Waals surface area contributed by atoms with Crippen LogP contribution in [0.4, 0.5) is 11.4 Å². The van der Waals surface area contributed by atoms with Crippen LogP contribution in [0.25, 0.3) is 0 Å². The van der Waals surface area contributed by atoms with Crippen molar-refractivity contribution < 1.29 is 4.79 Å². The molecular formula is C15H16N4O. The van der Waals surface area contributed by atoms with Gasteiger partial charge in [0.15, 0.2) is 0 Å². The average Bonchev–Trinajstić information content (AvgIpc) is 2.86. The third-order valence-corrected chi connectivity index (χ3v) is 3.60. The highest BCUT2D eigenvalue weighted by molar-refractivity contribution is 6.09. The van der Waals surface area contributed by atoms with E-state index >= 15 is 0 Å². The maximum atomic E-state index is 12.7. The number of nitrogens with zero attached hydrogens (tertiary/aromatic N) is 3. The van der Waals surface area contributed by atoms with Crippen molar-refractivity contribution in [3.8, 4) is 0 Å². The third-order valence-electron chi connectivity index (χ3n) is 3.60. The highest BCUT2D eigenvalue weighted by atomic mass is 16.2. The molecule has 0 spiro atoms. The van der Waals surface area contributed by atoms with Gasteiger partial charge in [-0.3, -0.25) is 4.79 Å². The van der Waals surface area contributed by atoms with E-state index in [4.69, 9.17) is 5.73 Å². The first-order chi connectivity index (χ1) is 9.58. The monoisotopic (exact) mass is 268 g/mol. The van der Waals surface area contributed by atoms with Crippen molar-refractivity contribution in [2.24, 2.45) is 0 Å². The van der Waals surface area contributed by atoms with Crippen LogP contribution in [0.5, 0.6) is 0 Å². The smallest absolute Gasteiger partial charge is 0.260 e. The lowest BCUT2D eigenvalue weighted by Gasteiger charge is -2.19. The quantitative estimate of drug-likeness (QED) is 0.801. The van der Waals surface area contributed by atoms with E-state index in [1.165, 1.54) is 0 Å². The van der Waals surface area contributed by atoms with Gasteiger partial charge in [0.2, 0.25) is 0 Å². The number of aromatic nitrogens is 2. The Morgan fingerprint density at radius 1 is 1.30 bits per heavy atom. The molecule has 0 atom stereocenters. The second-order valence-corrected chi connectivity index (χ2v) is 5.05. The van der Waals surface area contributed by atoms with Gasteiger partial charge in [-0.15, -0.1) is 0 Å². The summed E-state index contributed by atoms with van der Waals surface area (Å²) in [5.74, 6) is -0.0582. The molecule has 0 fully saturated rings. The highest BCUT2D eigenvalue weighted by Gasteiger charge is 2.28. The maximum Gasteiger partial charge on any atom is 0.260 e. The molecule has 102 valence electrons. The standard InChI is InChI=1S/C15H16N4O/c1-9-8-12(10(2)18-17-9)15(20)19-7-6-11-4-3-5-13(16)14(11)19/h3-5,8H,6-7,16H2,1-2H3. The number of nitrogen functional groups attached to an aromatic ring is 1. The number of para-hydroxylation sites is 1. The van der Waals surface area contributed by atoms with E-state index in [2.05, 4.69) is 10.2 Å². The van der Waals surface area contributed by atoms with Crippen molar-refractivity contribution in [3.05, 3.63) is 46.8 Å². The second kappa shape index (κ2) is 4.59. The van der Waals surface area contributed by atoms with Crippen LogP contribution in [0.3, 0.4) is 0 Å². The summed E-state index contributed by atoms with van der Waals surface area (Å²) in [7, 11) is 0. The van der Waals surface area contributed by atoms with E-state index in [0.717, 1.165) is 23.4 Å². The largest absolute Gasteiger partial charge is 0.397 e. The van der Waals surface area contributed by atoms with E-state index in [-0.39, 0.29) is 5.91 Å². The molecule has 1 aromatic carbocycles. The maximum absolute atomic E-state index is 12.7. The zero-order valence-corrected chi connectivity index (χ0v) is 11.6. The lowest BCUT2D eigenvalue weighted by atomic mass is 10.1. The Hall–Kier alpha value is -2.43.